The molecule has 0 spiro atoms. The minimum absolute atomic E-state index is 0.334. The first-order valence-electron chi connectivity index (χ1n) is 6.47. The second kappa shape index (κ2) is 4.35. The molecule has 1 fully saturated rings. The Kier molecular flexibility index (Phi) is 3.27. The van der Waals surface area contributed by atoms with Gasteiger partial charge in [0.05, 0.1) is 11.2 Å². The molecule has 0 bridgehead atoms. The third kappa shape index (κ3) is 2.45. The summed E-state index contributed by atoms with van der Waals surface area (Å²) in [5.41, 5.74) is 0.0771. The van der Waals surface area contributed by atoms with E-state index in [-0.39, 0.29) is 11.2 Å². The van der Waals surface area contributed by atoms with Gasteiger partial charge in [0, 0.05) is 12.7 Å². The van der Waals surface area contributed by atoms with Gasteiger partial charge in [0.15, 0.2) is 0 Å². The van der Waals surface area contributed by atoms with E-state index in [0.29, 0.717) is 5.92 Å². The Morgan fingerprint density at radius 3 is 2.28 bits per heavy atom. The lowest BCUT2D eigenvalue weighted by Gasteiger charge is -2.32. The van der Waals surface area contributed by atoms with Crippen molar-refractivity contribution in [2.24, 2.45) is 5.92 Å². The lowest BCUT2D eigenvalue weighted by Crippen LogP contribution is -2.41. The van der Waals surface area contributed by atoms with Gasteiger partial charge in [-0.25, -0.2) is 0 Å². The van der Waals surface area contributed by atoms with Crippen molar-refractivity contribution in [3.05, 3.63) is 6.20 Å². The minimum atomic E-state index is -0.420. The predicted molar refractivity (Wildman–Crippen MR) is 70.6 cm³/mol. The van der Waals surface area contributed by atoms with Crippen molar-refractivity contribution in [2.75, 3.05) is 0 Å². The third-order valence-corrected chi connectivity index (χ3v) is 3.60. The topological polar surface area (TPSA) is 49.2 Å². The monoisotopic (exact) mass is 251 g/mol. The maximum Gasteiger partial charge on any atom is 0.518 e. The molecule has 100 valence electrons. The summed E-state index contributed by atoms with van der Waals surface area (Å²) >= 11 is 0. The molecule has 2 heterocycles. The van der Waals surface area contributed by atoms with Crippen LogP contribution in [0.15, 0.2) is 6.20 Å². The molecule has 1 aliphatic rings. The molecule has 5 nitrogen and oxygen atoms in total. The lowest BCUT2D eigenvalue weighted by atomic mass is 9.86. The summed E-state index contributed by atoms with van der Waals surface area (Å²) < 4.78 is 13.7. The largest absolute Gasteiger partial charge is 0.518 e. The van der Waals surface area contributed by atoms with E-state index in [2.05, 4.69) is 24.2 Å². The Morgan fingerprint density at radius 2 is 1.78 bits per heavy atom. The van der Waals surface area contributed by atoms with Crippen molar-refractivity contribution >= 4 is 12.7 Å². The van der Waals surface area contributed by atoms with Gasteiger partial charge in [0.1, 0.15) is 5.59 Å². The number of rotatable bonds is 3. The fourth-order valence-electron chi connectivity index (χ4n) is 1.85. The highest BCUT2D eigenvalue weighted by molar-refractivity contribution is 6.61. The Bertz CT molecular complexity index is 413. The molecule has 0 atom stereocenters. The molecular weight excluding hydrogens is 229 g/mol. The summed E-state index contributed by atoms with van der Waals surface area (Å²) in [6.07, 6.45) is 1.90. The summed E-state index contributed by atoms with van der Waals surface area (Å²) in [7, 11) is -0.420. The Hall–Kier alpha value is -0.875. The van der Waals surface area contributed by atoms with Crippen molar-refractivity contribution < 1.29 is 9.31 Å². The van der Waals surface area contributed by atoms with E-state index in [1.54, 1.807) is 0 Å². The van der Waals surface area contributed by atoms with Crippen LogP contribution in [0.1, 0.15) is 41.5 Å². The van der Waals surface area contributed by atoms with E-state index in [1.807, 2.05) is 38.6 Å². The highest BCUT2D eigenvalue weighted by atomic mass is 16.7. The third-order valence-electron chi connectivity index (χ3n) is 3.60. The molecule has 1 saturated heterocycles. The zero-order valence-corrected chi connectivity index (χ0v) is 12.1. The number of hydrogen-bond acceptors (Lipinski definition) is 4. The summed E-state index contributed by atoms with van der Waals surface area (Å²) in [5.74, 6) is 0.540. The predicted octanol–water partition coefficient (Wildman–Crippen LogP) is 1.23. The van der Waals surface area contributed by atoms with Crippen molar-refractivity contribution in [1.82, 2.24) is 15.0 Å². The van der Waals surface area contributed by atoms with Gasteiger partial charge in [0.2, 0.25) is 0 Å². The van der Waals surface area contributed by atoms with Crippen LogP contribution in [0.25, 0.3) is 0 Å². The zero-order chi connectivity index (χ0) is 13.6. The van der Waals surface area contributed by atoms with E-state index >= 15 is 0 Å². The number of hydrogen-bond donors (Lipinski definition) is 0. The van der Waals surface area contributed by atoms with E-state index in [0.717, 1.165) is 12.1 Å². The first kappa shape index (κ1) is 13.6. The second-order valence-electron chi connectivity index (χ2n) is 6.35. The summed E-state index contributed by atoms with van der Waals surface area (Å²) in [6, 6.07) is 0. The molecule has 1 aromatic rings. The molecule has 0 saturated carbocycles. The van der Waals surface area contributed by atoms with E-state index < -0.39 is 7.12 Å². The summed E-state index contributed by atoms with van der Waals surface area (Å²) in [6.45, 7) is 13.3. The van der Waals surface area contributed by atoms with Gasteiger partial charge in [-0.2, -0.15) is 0 Å². The lowest BCUT2D eigenvalue weighted by molar-refractivity contribution is 0.00578. The molecule has 6 heteroatoms. The van der Waals surface area contributed by atoms with Gasteiger partial charge in [-0.1, -0.05) is 19.1 Å². The molecule has 1 aromatic heterocycles. The molecule has 2 rings (SSSR count). The Labute approximate surface area is 109 Å². The normalized spacial score (nSPS) is 21.8. The molecule has 0 radical (unpaired) electrons. The molecule has 0 N–H and O–H groups in total. The van der Waals surface area contributed by atoms with E-state index in [1.165, 1.54) is 0 Å². The van der Waals surface area contributed by atoms with Gasteiger partial charge >= 0.3 is 7.12 Å². The maximum atomic E-state index is 5.93. The fraction of sp³-hybridized carbons (Fsp3) is 0.833. The first-order valence-corrected chi connectivity index (χ1v) is 6.47. The van der Waals surface area contributed by atoms with Crippen molar-refractivity contribution in [3.8, 4) is 0 Å². The van der Waals surface area contributed by atoms with E-state index in [4.69, 9.17) is 9.31 Å². The first-order chi connectivity index (χ1) is 8.21. The van der Waals surface area contributed by atoms with Crippen LogP contribution in [0.4, 0.5) is 0 Å². The van der Waals surface area contributed by atoms with Crippen LogP contribution in [-0.4, -0.2) is 33.3 Å². The van der Waals surface area contributed by atoms with Crippen LogP contribution in [0.5, 0.6) is 0 Å². The molecule has 0 aliphatic carbocycles. The summed E-state index contributed by atoms with van der Waals surface area (Å²) in [5, 5.41) is 8.25. The molecule has 0 unspecified atom stereocenters. The molecule has 18 heavy (non-hydrogen) atoms. The van der Waals surface area contributed by atoms with Crippen LogP contribution in [0.3, 0.4) is 0 Å². The molecule has 0 aromatic carbocycles. The van der Waals surface area contributed by atoms with Crippen LogP contribution >= 0.6 is 0 Å². The second-order valence-corrected chi connectivity index (χ2v) is 6.35. The number of nitrogens with zero attached hydrogens (tertiary/aromatic N) is 3. The van der Waals surface area contributed by atoms with Gasteiger partial charge < -0.3 is 9.31 Å². The minimum Gasteiger partial charge on any atom is -0.398 e. The SMILES string of the molecule is CC(C)Cn1cc(B2OC(C)(C)C(C)(C)O2)nn1. The maximum absolute atomic E-state index is 5.93. The highest BCUT2D eigenvalue weighted by Gasteiger charge is 2.52. The quantitative estimate of drug-likeness (QED) is 0.758. The zero-order valence-electron chi connectivity index (χ0n) is 12.1. The molecule has 0 amide bonds. The van der Waals surface area contributed by atoms with Gasteiger partial charge in [-0.05, 0) is 33.6 Å². The Morgan fingerprint density at radius 1 is 1.22 bits per heavy atom. The average molecular weight is 251 g/mol. The van der Waals surface area contributed by atoms with Crippen LogP contribution in [-0.2, 0) is 15.9 Å². The van der Waals surface area contributed by atoms with Crippen molar-refractivity contribution in [2.45, 2.75) is 59.3 Å². The van der Waals surface area contributed by atoms with Crippen LogP contribution < -0.4 is 5.59 Å². The molecule has 1 aliphatic heterocycles. The van der Waals surface area contributed by atoms with Gasteiger partial charge in [-0.3, -0.25) is 4.68 Å². The summed E-state index contributed by atoms with van der Waals surface area (Å²) in [4.78, 5) is 0. The van der Waals surface area contributed by atoms with Gasteiger partial charge in [0.25, 0.3) is 0 Å². The standard InChI is InChI=1S/C12H22BN3O2/c1-9(2)7-16-8-10(14-15-16)13-17-11(3,4)12(5,6)18-13/h8-9H,7H2,1-6H3. The number of aromatic nitrogens is 3. The van der Waals surface area contributed by atoms with Crippen molar-refractivity contribution in [1.29, 1.82) is 0 Å². The van der Waals surface area contributed by atoms with Gasteiger partial charge in [-0.15, -0.1) is 5.10 Å². The average Bonchev–Trinajstić information content (AvgIpc) is 2.70. The van der Waals surface area contributed by atoms with Crippen LogP contribution in [0, 0.1) is 5.92 Å². The smallest absolute Gasteiger partial charge is 0.398 e. The Balaban J connectivity index is 2.12. The van der Waals surface area contributed by atoms with E-state index in [9.17, 15) is 0 Å². The van der Waals surface area contributed by atoms with Crippen LogP contribution in [0.2, 0.25) is 0 Å². The highest BCUT2D eigenvalue weighted by Crippen LogP contribution is 2.36. The van der Waals surface area contributed by atoms with Crippen molar-refractivity contribution in [3.63, 3.8) is 0 Å². The fourth-order valence-corrected chi connectivity index (χ4v) is 1.85. The molecular formula is C12H22BN3O2.